The first-order valence-electron chi connectivity index (χ1n) is 7.85. The van der Waals surface area contributed by atoms with Crippen LogP contribution in [-0.4, -0.2) is 56.0 Å². The molecule has 128 valence electrons. The summed E-state index contributed by atoms with van der Waals surface area (Å²) >= 11 is 0. The van der Waals surface area contributed by atoms with E-state index in [9.17, 15) is 13.2 Å². The molecule has 1 aliphatic rings. The summed E-state index contributed by atoms with van der Waals surface area (Å²) in [7, 11) is -3.18. The van der Waals surface area contributed by atoms with Crippen molar-refractivity contribution in [1.29, 1.82) is 0 Å². The van der Waals surface area contributed by atoms with E-state index in [1.165, 1.54) is 10.6 Å². The monoisotopic (exact) mass is 338 g/mol. The number of piperazine rings is 1. The second-order valence-corrected chi connectivity index (χ2v) is 9.22. The van der Waals surface area contributed by atoms with Crippen LogP contribution in [-0.2, 0) is 15.4 Å². The highest BCUT2D eigenvalue weighted by atomic mass is 32.2. The molecule has 0 unspecified atom stereocenters. The van der Waals surface area contributed by atoms with Gasteiger partial charge in [0.1, 0.15) is 0 Å². The van der Waals surface area contributed by atoms with Crippen LogP contribution in [0, 0.1) is 6.92 Å². The summed E-state index contributed by atoms with van der Waals surface area (Å²) in [5.74, 6) is -0.0123. The van der Waals surface area contributed by atoms with Crippen molar-refractivity contribution >= 4 is 15.9 Å². The van der Waals surface area contributed by atoms with Crippen LogP contribution in [0.25, 0.3) is 0 Å². The van der Waals surface area contributed by atoms with E-state index in [-0.39, 0.29) is 11.3 Å². The van der Waals surface area contributed by atoms with Crippen molar-refractivity contribution in [1.82, 2.24) is 9.21 Å². The lowest BCUT2D eigenvalue weighted by Gasteiger charge is -2.33. The Morgan fingerprint density at radius 2 is 1.65 bits per heavy atom. The number of hydrogen-bond acceptors (Lipinski definition) is 3. The molecule has 6 heteroatoms. The summed E-state index contributed by atoms with van der Waals surface area (Å²) in [5, 5.41) is 0. The molecule has 1 aromatic carbocycles. The smallest absolute Gasteiger partial charge is 0.254 e. The molecular weight excluding hydrogens is 312 g/mol. The predicted octanol–water partition coefficient (Wildman–Crippen LogP) is 2.01. The largest absolute Gasteiger partial charge is 0.336 e. The first-order chi connectivity index (χ1) is 10.5. The maximum Gasteiger partial charge on any atom is 0.254 e. The third-order valence-corrected chi connectivity index (χ3v) is 5.63. The Bertz CT molecular complexity index is 697. The van der Waals surface area contributed by atoms with Crippen molar-refractivity contribution < 1.29 is 13.2 Å². The first-order valence-corrected chi connectivity index (χ1v) is 9.70. The number of benzene rings is 1. The number of carbonyl (C=O) groups excluding carboxylic acids is 1. The van der Waals surface area contributed by atoms with E-state index in [0.29, 0.717) is 31.7 Å². The van der Waals surface area contributed by atoms with E-state index < -0.39 is 10.0 Å². The van der Waals surface area contributed by atoms with E-state index >= 15 is 0 Å². The molecule has 1 saturated heterocycles. The van der Waals surface area contributed by atoms with Gasteiger partial charge in [-0.15, -0.1) is 0 Å². The van der Waals surface area contributed by atoms with Gasteiger partial charge in [0.2, 0.25) is 10.0 Å². The third-order valence-electron chi connectivity index (χ3n) is 4.33. The molecule has 1 aromatic rings. The zero-order chi connectivity index (χ0) is 17.4. The van der Waals surface area contributed by atoms with Gasteiger partial charge in [0.25, 0.3) is 5.91 Å². The van der Waals surface area contributed by atoms with Gasteiger partial charge in [-0.25, -0.2) is 8.42 Å². The van der Waals surface area contributed by atoms with Gasteiger partial charge in [0.05, 0.1) is 6.26 Å². The van der Waals surface area contributed by atoms with Crippen molar-refractivity contribution in [3.05, 3.63) is 34.9 Å². The molecule has 1 aliphatic heterocycles. The average molecular weight is 338 g/mol. The minimum Gasteiger partial charge on any atom is -0.336 e. The fraction of sp³-hybridized carbons (Fsp3) is 0.588. The van der Waals surface area contributed by atoms with Crippen LogP contribution in [0.4, 0.5) is 0 Å². The zero-order valence-electron chi connectivity index (χ0n) is 14.6. The zero-order valence-corrected chi connectivity index (χ0v) is 15.4. The van der Waals surface area contributed by atoms with Crippen LogP contribution >= 0.6 is 0 Å². The Morgan fingerprint density at radius 1 is 1.09 bits per heavy atom. The fourth-order valence-electron chi connectivity index (χ4n) is 2.71. The third kappa shape index (κ3) is 4.12. The van der Waals surface area contributed by atoms with E-state index in [1.54, 1.807) is 4.90 Å². The highest BCUT2D eigenvalue weighted by Gasteiger charge is 2.27. The average Bonchev–Trinajstić information content (AvgIpc) is 2.45. The number of aryl methyl sites for hydroxylation is 1. The maximum absolute atomic E-state index is 12.8. The van der Waals surface area contributed by atoms with E-state index in [0.717, 1.165) is 11.1 Å². The molecule has 23 heavy (non-hydrogen) atoms. The van der Waals surface area contributed by atoms with Crippen LogP contribution in [0.15, 0.2) is 18.2 Å². The number of sulfonamides is 1. The highest BCUT2D eigenvalue weighted by Crippen LogP contribution is 2.25. The fourth-order valence-corrected chi connectivity index (χ4v) is 3.54. The molecule has 1 amide bonds. The number of nitrogens with zero attached hydrogens (tertiary/aromatic N) is 2. The van der Waals surface area contributed by atoms with Crippen molar-refractivity contribution in [2.24, 2.45) is 0 Å². The minimum atomic E-state index is -3.18. The number of rotatable bonds is 2. The summed E-state index contributed by atoms with van der Waals surface area (Å²) in [6, 6.07) is 6.02. The SMILES string of the molecule is Cc1ccc(C(C)(C)C)cc1C(=O)N1CCN(S(C)(=O)=O)CC1. The van der Waals surface area contributed by atoms with Gasteiger partial charge >= 0.3 is 0 Å². The van der Waals surface area contributed by atoms with Gasteiger partial charge in [0, 0.05) is 31.7 Å². The lowest BCUT2D eigenvalue weighted by atomic mass is 9.85. The van der Waals surface area contributed by atoms with Crippen molar-refractivity contribution in [3.63, 3.8) is 0 Å². The molecule has 0 radical (unpaired) electrons. The van der Waals surface area contributed by atoms with Crippen LogP contribution in [0.5, 0.6) is 0 Å². The summed E-state index contributed by atoms with van der Waals surface area (Å²) < 4.78 is 24.6. The maximum atomic E-state index is 12.8. The molecule has 0 N–H and O–H groups in total. The molecule has 2 rings (SSSR count). The molecule has 5 nitrogen and oxygen atoms in total. The second-order valence-electron chi connectivity index (χ2n) is 7.23. The molecule has 1 fully saturated rings. The van der Waals surface area contributed by atoms with Gasteiger partial charge in [0.15, 0.2) is 0 Å². The van der Waals surface area contributed by atoms with Crippen LogP contribution in [0.1, 0.15) is 42.3 Å². The van der Waals surface area contributed by atoms with Gasteiger partial charge < -0.3 is 4.90 Å². The number of carbonyl (C=O) groups is 1. The minimum absolute atomic E-state index is 0.0123. The van der Waals surface area contributed by atoms with Gasteiger partial charge in [-0.1, -0.05) is 32.9 Å². The first kappa shape index (κ1) is 17.9. The number of amides is 1. The summed E-state index contributed by atoms with van der Waals surface area (Å²) in [6.45, 7) is 9.90. The molecule has 0 aliphatic carbocycles. The molecule has 1 heterocycles. The molecule has 0 aromatic heterocycles. The Morgan fingerprint density at radius 3 is 2.13 bits per heavy atom. The lowest BCUT2D eigenvalue weighted by Crippen LogP contribution is -2.50. The molecule has 0 spiro atoms. The summed E-state index contributed by atoms with van der Waals surface area (Å²) in [5.41, 5.74) is 2.78. The number of hydrogen-bond donors (Lipinski definition) is 0. The molecule has 0 bridgehead atoms. The quantitative estimate of drug-likeness (QED) is 0.829. The molecule has 0 saturated carbocycles. The predicted molar refractivity (Wildman–Crippen MR) is 92.2 cm³/mol. The van der Waals surface area contributed by atoms with E-state index in [2.05, 4.69) is 26.8 Å². The molecule has 0 atom stereocenters. The van der Waals surface area contributed by atoms with E-state index in [1.807, 2.05) is 19.1 Å². The second kappa shape index (κ2) is 6.24. The van der Waals surface area contributed by atoms with Crippen molar-refractivity contribution in [3.8, 4) is 0 Å². The van der Waals surface area contributed by atoms with Gasteiger partial charge in [-0.2, -0.15) is 4.31 Å². The Labute approximate surface area is 139 Å². The Hall–Kier alpha value is -1.40. The van der Waals surface area contributed by atoms with Gasteiger partial charge in [-0.05, 0) is 29.5 Å². The normalized spacial score (nSPS) is 17.3. The topological polar surface area (TPSA) is 57.7 Å². The van der Waals surface area contributed by atoms with Crippen LogP contribution < -0.4 is 0 Å². The van der Waals surface area contributed by atoms with Crippen LogP contribution in [0.3, 0.4) is 0 Å². The Balaban J connectivity index is 2.19. The standard InChI is InChI=1S/C17H26N2O3S/c1-13-6-7-14(17(2,3)4)12-15(13)16(20)18-8-10-19(11-9-18)23(5,21)22/h6-7,12H,8-11H2,1-5H3. The summed E-state index contributed by atoms with van der Waals surface area (Å²) in [4.78, 5) is 14.6. The molecular formula is C17H26N2O3S. The van der Waals surface area contributed by atoms with Crippen molar-refractivity contribution in [2.75, 3.05) is 32.4 Å². The van der Waals surface area contributed by atoms with E-state index in [4.69, 9.17) is 0 Å². The van der Waals surface area contributed by atoms with Gasteiger partial charge in [-0.3, -0.25) is 4.79 Å². The lowest BCUT2D eigenvalue weighted by molar-refractivity contribution is 0.0697. The Kier molecular flexibility index (Phi) is 4.87. The van der Waals surface area contributed by atoms with Crippen molar-refractivity contribution in [2.45, 2.75) is 33.1 Å². The summed E-state index contributed by atoms with van der Waals surface area (Å²) in [6.07, 6.45) is 1.21. The highest BCUT2D eigenvalue weighted by molar-refractivity contribution is 7.88. The van der Waals surface area contributed by atoms with Crippen LogP contribution in [0.2, 0.25) is 0 Å².